The van der Waals surface area contributed by atoms with Crippen LogP contribution in [0.5, 0.6) is 0 Å². The molecule has 0 unspecified atom stereocenters. The average Bonchev–Trinajstić information content (AvgIpc) is 2.98. The number of aromatic nitrogens is 1. The number of thiazole rings is 1. The van der Waals surface area contributed by atoms with Gasteiger partial charge in [0.2, 0.25) is 0 Å². The molecule has 1 aliphatic heterocycles. The van der Waals surface area contributed by atoms with E-state index in [9.17, 15) is 4.79 Å². The highest BCUT2D eigenvalue weighted by Gasteiger charge is 2.27. The minimum absolute atomic E-state index is 0.0488. The number of carbonyl (C=O) groups excluding carboxylic acids is 1. The largest absolute Gasteiger partial charge is 0.306 e. The highest BCUT2D eigenvalue weighted by molar-refractivity contribution is 7.07. The van der Waals surface area contributed by atoms with Crippen LogP contribution in [0, 0.1) is 0 Å². The van der Waals surface area contributed by atoms with Gasteiger partial charge < -0.3 is 4.90 Å². The molecular weight excluding hydrogens is 256 g/mol. The third-order valence-electron chi connectivity index (χ3n) is 2.87. The molecule has 17 heavy (non-hydrogen) atoms. The van der Waals surface area contributed by atoms with Crippen molar-refractivity contribution in [3.8, 4) is 0 Å². The van der Waals surface area contributed by atoms with E-state index in [0.29, 0.717) is 12.2 Å². The highest BCUT2D eigenvalue weighted by Crippen LogP contribution is 2.34. The van der Waals surface area contributed by atoms with Crippen LogP contribution in [0.3, 0.4) is 0 Å². The predicted octanol–water partition coefficient (Wildman–Crippen LogP) is 3.00. The number of anilines is 1. The zero-order valence-electron chi connectivity index (χ0n) is 8.89. The van der Waals surface area contributed by atoms with Crippen molar-refractivity contribution in [2.45, 2.75) is 6.42 Å². The van der Waals surface area contributed by atoms with Crippen molar-refractivity contribution < 1.29 is 4.79 Å². The summed E-state index contributed by atoms with van der Waals surface area (Å²) in [5, 5.41) is 2.50. The average molecular weight is 265 g/mol. The summed E-state index contributed by atoms with van der Waals surface area (Å²) in [4.78, 5) is 18.0. The maximum atomic E-state index is 12.2. The maximum Gasteiger partial charge on any atom is 0.277 e. The normalized spacial score (nSPS) is 13.8. The molecule has 0 bridgehead atoms. The molecule has 2 aromatic rings. The van der Waals surface area contributed by atoms with Crippen molar-refractivity contribution in [2.75, 3.05) is 11.4 Å². The van der Waals surface area contributed by atoms with Crippen molar-refractivity contribution in [3.63, 3.8) is 0 Å². The quantitative estimate of drug-likeness (QED) is 0.793. The van der Waals surface area contributed by atoms with E-state index in [0.717, 1.165) is 22.7 Å². The third-order valence-corrected chi connectivity index (χ3v) is 3.81. The molecule has 0 saturated carbocycles. The van der Waals surface area contributed by atoms with E-state index in [2.05, 4.69) is 4.98 Å². The number of rotatable bonds is 1. The predicted molar refractivity (Wildman–Crippen MR) is 68.9 cm³/mol. The van der Waals surface area contributed by atoms with Crippen LogP contribution >= 0.6 is 22.9 Å². The van der Waals surface area contributed by atoms with Gasteiger partial charge in [0.05, 0.1) is 5.51 Å². The first-order valence-electron chi connectivity index (χ1n) is 5.25. The van der Waals surface area contributed by atoms with Crippen LogP contribution in [0.1, 0.15) is 16.1 Å². The Hall–Kier alpha value is -1.39. The molecule has 5 heteroatoms. The fourth-order valence-corrected chi connectivity index (χ4v) is 2.85. The topological polar surface area (TPSA) is 33.2 Å². The van der Waals surface area contributed by atoms with Gasteiger partial charge in [0, 0.05) is 22.6 Å². The van der Waals surface area contributed by atoms with Crippen LogP contribution in [0.2, 0.25) is 5.02 Å². The van der Waals surface area contributed by atoms with Crippen LogP contribution < -0.4 is 4.90 Å². The van der Waals surface area contributed by atoms with Gasteiger partial charge in [0.15, 0.2) is 0 Å². The van der Waals surface area contributed by atoms with Crippen molar-refractivity contribution in [1.29, 1.82) is 0 Å². The van der Waals surface area contributed by atoms with Crippen molar-refractivity contribution in [3.05, 3.63) is 45.4 Å². The van der Waals surface area contributed by atoms with Crippen molar-refractivity contribution in [2.24, 2.45) is 0 Å². The van der Waals surface area contributed by atoms with E-state index in [-0.39, 0.29) is 5.91 Å². The molecule has 1 amide bonds. The second kappa shape index (κ2) is 4.13. The Balaban J connectivity index is 1.99. The first kappa shape index (κ1) is 10.7. The van der Waals surface area contributed by atoms with Crippen LogP contribution in [0.25, 0.3) is 0 Å². The summed E-state index contributed by atoms with van der Waals surface area (Å²) in [5.41, 5.74) is 4.14. The summed E-state index contributed by atoms with van der Waals surface area (Å²) in [6.45, 7) is 0.676. The summed E-state index contributed by atoms with van der Waals surface area (Å²) in [6.07, 6.45) is 0.810. The molecule has 0 fully saturated rings. The maximum absolute atomic E-state index is 12.2. The third kappa shape index (κ3) is 1.73. The zero-order valence-corrected chi connectivity index (χ0v) is 10.5. The number of hydrogen-bond acceptors (Lipinski definition) is 3. The molecule has 2 heterocycles. The van der Waals surface area contributed by atoms with E-state index in [4.69, 9.17) is 11.6 Å². The lowest BCUT2D eigenvalue weighted by Crippen LogP contribution is -2.29. The Morgan fingerprint density at radius 1 is 1.47 bits per heavy atom. The monoisotopic (exact) mass is 264 g/mol. The van der Waals surface area contributed by atoms with Crippen molar-refractivity contribution in [1.82, 2.24) is 4.98 Å². The number of halogens is 1. The second-order valence-electron chi connectivity index (χ2n) is 3.82. The van der Waals surface area contributed by atoms with Crippen molar-refractivity contribution >= 4 is 34.5 Å². The smallest absolute Gasteiger partial charge is 0.277 e. The second-order valence-corrected chi connectivity index (χ2v) is 4.94. The Bertz CT molecular complexity index is 568. The van der Waals surface area contributed by atoms with Gasteiger partial charge in [-0.1, -0.05) is 17.7 Å². The standard InChI is InChI=1S/C12H9ClN2OS/c13-9-2-1-3-11-8(9)4-5-15(11)12(16)10-6-17-7-14-10/h1-3,6-7H,4-5H2. The van der Waals surface area contributed by atoms with Gasteiger partial charge in [0.25, 0.3) is 5.91 Å². The van der Waals surface area contributed by atoms with Gasteiger partial charge in [-0.3, -0.25) is 4.79 Å². The summed E-state index contributed by atoms with van der Waals surface area (Å²) in [6, 6.07) is 5.66. The summed E-state index contributed by atoms with van der Waals surface area (Å²) >= 11 is 7.54. The zero-order chi connectivity index (χ0) is 11.8. The molecule has 0 radical (unpaired) electrons. The SMILES string of the molecule is O=C(c1cscn1)N1CCc2c(Cl)cccc21. The minimum atomic E-state index is -0.0488. The number of carbonyl (C=O) groups is 1. The number of amides is 1. The number of benzene rings is 1. The van der Waals surface area contributed by atoms with Crippen LogP contribution in [-0.2, 0) is 6.42 Å². The Labute approximate surface area is 108 Å². The van der Waals surface area contributed by atoms with Crippen LogP contribution in [0.15, 0.2) is 29.1 Å². The Morgan fingerprint density at radius 3 is 3.12 bits per heavy atom. The molecule has 1 aromatic heterocycles. The van der Waals surface area contributed by atoms with Gasteiger partial charge >= 0.3 is 0 Å². The fraction of sp³-hybridized carbons (Fsp3) is 0.167. The molecule has 3 nitrogen and oxygen atoms in total. The first-order chi connectivity index (χ1) is 8.27. The fourth-order valence-electron chi connectivity index (χ4n) is 2.06. The minimum Gasteiger partial charge on any atom is -0.306 e. The molecule has 0 aliphatic carbocycles. The van der Waals surface area contributed by atoms with Gasteiger partial charge in [-0.15, -0.1) is 11.3 Å². The van der Waals surface area contributed by atoms with E-state index in [1.807, 2.05) is 18.2 Å². The molecular formula is C12H9ClN2OS. The Morgan fingerprint density at radius 2 is 2.35 bits per heavy atom. The van der Waals surface area contributed by atoms with Gasteiger partial charge in [0.1, 0.15) is 5.69 Å². The van der Waals surface area contributed by atoms with E-state index >= 15 is 0 Å². The molecule has 0 spiro atoms. The lowest BCUT2D eigenvalue weighted by atomic mass is 10.2. The molecule has 1 aliphatic rings. The summed E-state index contributed by atoms with van der Waals surface area (Å²) < 4.78 is 0. The van der Waals surface area contributed by atoms with Gasteiger partial charge in [-0.2, -0.15) is 0 Å². The molecule has 86 valence electrons. The van der Waals surface area contributed by atoms with Gasteiger partial charge in [-0.25, -0.2) is 4.98 Å². The molecule has 0 saturated heterocycles. The highest BCUT2D eigenvalue weighted by atomic mass is 35.5. The Kier molecular flexibility index (Phi) is 2.61. The van der Waals surface area contributed by atoms with Crippen LogP contribution in [-0.4, -0.2) is 17.4 Å². The van der Waals surface area contributed by atoms with Gasteiger partial charge in [-0.05, 0) is 24.1 Å². The molecule has 3 rings (SSSR count). The number of hydrogen-bond donors (Lipinski definition) is 0. The lowest BCUT2D eigenvalue weighted by molar-refractivity contribution is 0.0985. The molecule has 1 aromatic carbocycles. The van der Waals surface area contributed by atoms with E-state index in [1.165, 1.54) is 11.3 Å². The lowest BCUT2D eigenvalue weighted by Gasteiger charge is -2.15. The number of nitrogens with zero attached hydrogens (tertiary/aromatic N) is 2. The summed E-state index contributed by atoms with van der Waals surface area (Å²) in [5.74, 6) is -0.0488. The first-order valence-corrected chi connectivity index (χ1v) is 6.57. The molecule has 0 N–H and O–H groups in total. The van der Waals surface area contributed by atoms with E-state index < -0.39 is 0 Å². The summed E-state index contributed by atoms with van der Waals surface area (Å²) in [7, 11) is 0. The van der Waals surface area contributed by atoms with E-state index in [1.54, 1.807) is 15.8 Å². The number of fused-ring (bicyclic) bond motifs is 1. The molecule has 0 atom stereocenters. The van der Waals surface area contributed by atoms with Crippen LogP contribution in [0.4, 0.5) is 5.69 Å².